The number of rotatable bonds is 9. The van der Waals surface area contributed by atoms with Crippen molar-refractivity contribution >= 4 is 27.3 Å². The molecule has 2 aromatic carbocycles. The van der Waals surface area contributed by atoms with Gasteiger partial charge in [-0.3, -0.25) is 14.9 Å². The van der Waals surface area contributed by atoms with E-state index in [-0.39, 0.29) is 22.9 Å². The van der Waals surface area contributed by atoms with Crippen LogP contribution in [0.1, 0.15) is 18.9 Å². The fourth-order valence-electron chi connectivity index (χ4n) is 2.31. The van der Waals surface area contributed by atoms with Gasteiger partial charge in [0.2, 0.25) is 10.0 Å². The number of nitrogens with zero attached hydrogens (tertiary/aromatic N) is 1. The second-order valence-electron chi connectivity index (χ2n) is 5.97. The topological polar surface area (TPSA) is 128 Å². The van der Waals surface area contributed by atoms with Crippen LogP contribution in [0.4, 0.5) is 11.4 Å². The van der Waals surface area contributed by atoms with Gasteiger partial charge < -0.3 is 10.1 Å². The van der Waals surface area contributed by atoms with Crippen molar-refractivity contribution in [2.75, 3.05) is 18.5 Å². The van der Waals surface area contributed by atoms with Crippen LogP contribution in [-0.4, -0.2) is 32.4 Å². The number of nitrogens with one attached hydrogen (secondary N) is 2. The molecule has 0 saturated carbocycles. The third kappa shape index (κ3) is 5.76. The average Bonchev–Trinajstić information content (AvgIpc) is 2.65. The number of sulfonamides is 1. The Morgan fingerprint density at radius 2 is 1.96 bits per heavy atom. The van der Waals surface area contributed by atoms with Crippen molar-refractivity contribution in [3.63, 3.8) is 0 Å². The summed E-state index contributed by atoms with van der Waals surface area (Å²) in [6.07, 6.45) is 0.680. The van der Waals surface area contributed by atoms with E-state index in [4.69, 9.17) is 4.74 Å². The highest BCUT2D eigenvalue weighted by Crippen LogP contribution is 2.22. The van der Waals surface area contributed by atoms with E-state index in [9.17, 15) is 23.3 Å². The second-order valence-corrected chi connectivity index (χ2v) is 7.74. The van der Waals surface area contributed by atoms with Gasteiger partial charge in [-0.15, -0.1) is 0 Å². The minimum atomic E-state index is -3.58. The van der Waals surface area contributed by atoms with Crippen LogP contribution in [-0.2, 0) is 14.8 Å². The van der Waals surface area contributed by atoms with Gasteiger partial charge in [-0.2, -0.15) is 0 Å². The standard InChI is InChI=1S/C18H21N3O6S/c1-3-9-19-28(25,26)16-7-8-17(13(2)10-16)27-12-18(22)20-14-5-4-6-15(11-14)21(23)24/h4-8,10-11,19H,3,9,12H2,1-2H3,(H,20,22). The minimum Gasteiger partial charge on any atom is -0.483 e. The van der Waals surface area contributed by atoms with Gasteiger partial charge in [0.15, 0.2) is 6.61 Å². The number of carbonyl (C=O) groups excluding carboxylic acids is 1. The van der Waals surface area contributed by atoms with Crippen LogP contribution in [0.5, 0.6) is 5.75 Å². The highest BCUT2D eigenvalue weighted by atomic mass is 32.2. The molecule has 0 radical (unpaired) electrons. The lowest BCUT2D eigenvalue weighted by molar-refractivity contribution is -0.384. The Morgan fingerprint density at radius 3 is 2.61 bits per heavy atom. The Hall–Kier alpha value is -2.98. The van der Waals surface area contributed by atoms with E-state index >= 15 is 0 Å². The molecule has 1 amide bonds. The Labute approximate surface area is 162 Å². The minimum absolute atomic E-state index is 0.117. The van der Waals surface area contributed by atoms with Crippen molar-refractivity contribution < 1.29 is 22.9 Å². The quantitative estimate of drug-likeness (QED) is 0.486. The molecule has 150 valence electrons. The number of anilines is 1. The molecule has 0 aliphatic rings. The smallest absolute Gasteiger partial charge is 0.271 e. The molecule has 0 aromatic heterocycles. The summed E-state index contributed by atoms with van der Waals surface area (Å²) in [6.45, 7) is 3.55. The van der Waals surface area contributed by atoms with Crippen LogP contribution in [0, 0.1) is 17.0 Å². The molecular formula is C18H21N3O6S. The lowest BCUT2D eigenvalue weighted by Gasteiger charge is -2.12. The van der Waals surface area contributed by atoms with Crippen LogP contribution in [0.3, 0.4) is 0 Å². The third-order valence-electron chi connectivity index (χ3n) is 3.70. The number of amides is 1. The maximum atomic E-state index is 12.1. The van der Waals surface area contributed by atoms with E-state index in [2.05, 4.69) is 10.0 Å². The van der Waals surface area contributed by atoms with Gasteiger partial charge in [0, 0.05) is 24.4 Å². The van der Waals surface area contributed by atoms with Crippen molar-refractivity contribution in [1.82, 2.24) is 4.72 Å². The zero-order valence-corrected chi connectivity index (χ0v) is 16.3. The number of ether oxygens (including phenoxy) is 1. The normalized spacial score (nSPS) is 11.1. The predicted molar refractivity (Wildman–Crippen MR) is 104 cm³/mol. The Bertz CT molecular complexity index is 975. The first-order chi connectivity index (χ1) is 13.2. The second kappa shape index (κ2) is 9.29. The van der Waals surface area contributed by atoms with Gasteiger partial charge in [-0.25, -0.2) is 13.1 Å². The SMILES string of the molecule is CCCNS(=O)(=O)c1ccc(OCC(=O)Nc2cccc([N+](=O)[O-])c2)c(C)c1. The van der Waals surface area contributed by atoms with Crippen molar-refractivity contribution in [1.29, 1.82) is 0 Å². The van der Waals surface area contributed by atoms with Crippen LogP contribution >= 0.6 is 0 Å². The number of nitro groups is 1. The molecule has 2 aromatic rings. The number of aryl methyl sites for hydroxylation is 1. The summed E-state index contributed by atoms with van der Waals surface area (Å²) in [5.74, 6) is -0.134. The molecule has 9 nitrogen and oxygen atoms in total. The fourth-order valence-corrected chi connectivity index (χ4v) is 3.53. The van der Waals surface area contributed by atoms with E-state index in [1.165, 1.54) is 42.5 Å². The van der Waals surface area contributed by atoms with Gasteiger partial charge in [0.25, 0.3) is 11.6 Å². The first-order valence-electron chi connectivity index (χ1n) is 8.50. The van der Waals surface area contributed by atoms with Crippen molar-refractivity contribution in [2.24, 2.45) is 0 Å². The van der Waals surface area contributed by atoms with Crippen LogP contribution in [0.2, 0.25) is 0 Å². The van der Waals surface area contributed by atoms with Crippen LogP contribution < -0.4 is 14.8 Å². The van der Waals surface area contributed by atoms with Gasteiger partial charge in [-0.05, 0) is 43.2 Å². The Kier molecular flexibility index (Phi) is 7.07. The van der Waals surface area contributed by atoms with Gasteiger partial charge >= 0.3 is 0 Å². The predicted octanol–water partition coefficient (Wildman–Crippen LogP) is 2.61. The molecule has 28 heavy (non-hydrogen) atoms. The van der Waals surface area contributed by atoms with Crippen LogP contribution in [0.15, 0.2) is 47.4 Å². The van der Waals surface area contributed by atoms with Crippen molar-refractivity contribution in [3.05, 3.63) is 58.1 Å². The van der Waals surface area contributed by atoms with E-state index in [0.717, 1.165) is 0 Å². The Balaban J connectivity index is 2.00. The molecule has 10 heteroatoms. The van der Waals surface area contributed by atoms with Crippen LogP contribution in [0.25, 0.3) is 0 Å². The molecule has 0 spiro atoms. The number of carbonyl (C=O) groups is 1. The fraction of sp³-hybridized carbons (Fsp3) is 0.278. The molecule has 0 aliphatic heterocycles. The first-order valence-corrected chi connectivity index (χ1v) is 9.98. The molecule has 0 heterocycles. The highest BCUT2D eigenvalue weighted by molar-refractivity contribution is 7.89. The zero-order chi connectivity index (χ0) is 20.7. The molecule has 0 saturated heterocycles. The monoisotopic (exact) mass is 407 g/mol. The molecular weight excluding hydrogens is 386 g/mol. The lowest BCUT2D eigenvalue weighted by Crippen LogP contribution is -2.24. The molecule has 0 atom stereocenters. The molecule has 0 bridgehead atoms. The highest BCUT2D eigenvalue weighted by Gasteiger charge is 2.15. The maximum absolute atomic E-state index is 12.1. The summed E-state index contributed by atoms with van der Waals surface area (Å²) >= 11 is 0. The third-order valence-corrected chi connectivity index (χ3v) is 5.16. The largest absolute Gasteiger partial charge is 0.483 e. The summed E-state index contributed by atoms with van der Waals surface area (Å²) < 4.78 is 32.2. The lowest BCUT2D eigenvalue weighted by atomic mass is 10.2. The zero-order valence-electron chi connectivity index (χ0n) is 15.5. The number of hydrogen-bond donors (Lipinski definition) is 2. The number of nitro benzene ring substituents is 1. The van der Waals surface area contributed by atoms with Crippen molar-refractivity contribution in [3.8, 4) is 5.75 Å². The average molecular weight is 407 g/mol. The summed E-state index contributed by atoms with van der Waals surface area (Å²) in [7, 11) is -3.58. The molecule has 0 fully saturated rings. The van der Waals surface area contributed by atoms with Crippen molar-refractivity contribution in [2.45, 2.75) is 25.2 Å². The summed E-state index contributed by atoms with van der Waals surface area (Å²) in [6, 6.07) is 9.90. The number of non-ortho nitro benzene ring substituents is 1. The molecule has 2 rings (SSSR count). The van der Waals surface area contributed by atoms with Gasteiger partial charge in [-0.1, -0.05) is 13.0 Å². The summed E-state index contributed by atoms with van der Waals surface area (Å²) in [4.78, 5) is 22.3. The maximum Gasteiger partial charge on any atom is 0.271 e. The first kappa shape index (κ1) is 21.3. The van der Waals surface area contributed by atoms with E-state index in [1.54, 1.807) is 6.92 Å². The van der Waals surface area contributed by atoms with E-state index in [0.29, 0.717) is 24.3 Å². The summed E-state index contributed by atoms with van der Waals surface area (Å²) in [5, 5.41) is 13.3. The van der Waals surface area contributed by atoms with E-state index < -0.39 is 20.9 Å². The van der Waals surface area contributed by atoms with Gasteiger partial charge in [0.1, 0.15) is 5.75 Å². The molecule has 2 N–H and O–H groups in total. The van der Waals surface area contributed by atoms with E-state index in [1.807, 2.05) is 6.92 Å². The summed E-state index contributed by atoms with van der Waals surface area (Å²) in [5.41, 5.74) is 0.702. The molecule has 0 unspecified atom stereocenters. The number of hydrogen-bond acceptors (Lipinski definition) is 6. The number of benzene rings is 2. The molecule has 0 aliphatic carbocycles. The van der Waals surface area contributed by atoms with Gasteiger partial charge in [0.05, 0.1) is 9.82 Å². The Morgan fingerprint density at radius 1 is 1.21 bits per heavy atom.